The van der Waals surface area contributed by atoms with Crippen LogP contribution >= 0.6 is 0 Å². The summed E-state index contributed by atoms with van der Waals surface area (Å²) in [6, 6.07) is 17.8. The molecule has 3 aromatic carbocycles. The zero-order valence-corrected chi connectivity index (χ0v) is 20.3. The van der Waals surface area contributed by atoms with Crippen molar-refractivity contribution in [3.05, 3.63) is 106 Å². The molecule has 0 amide bonds. The van der Waals surface area contributed by atoms with Crippen molar-refractivity contribution in [2.45, 2.75) is 32.2 Å². The quantitative estimate of drug-likeness (QED) is 0.197. The second kappa shape index (κ2) is 10.6. The first-order chi connectivity index (χ1) is 18.3. The van der Waals surface area contributed by atoms with E-state index >= 15 is 0 Å². The molecule has 0 N–H and O–H groups in total. The summed E-state index contributed by atoms with van der Waals surface area (Å²) in [5, 5.41) is 8.99. The van der Waals surface area contributed by atoms with Gasteiger partial charge in [0.05, 0.1) is 29.9 Å². The van der Waals surface area contributed by atoms with E-state index in [1.165, 1.54) is 16.8 Å². The van der Waals surface area contributed by atoms with Gasteiger partial charge in [-0.2, -0.15) is 31.6 Å². The molecule has 39 heavy (non-hydrogen) atoms. The van der Waals surface area contributed by atoms with Crippen molar-refractivity contribution in [1.82, 2.24) is 9.55 Å². The number of esters is 1. The highest BCUT2D eigenvalue weighted by Gasteiger charge is 2.42. The molecule has 4 aromatic rings. The Kier molecular flexibility index (Phi) is 7.49. The molecular weight excluding hydrogens is 524 g/mol. The zero-order chi connectivity index (χ0) is 28.4. The fourth-order valence-electron chi connectivity index (χ4n) is 4.02. The molecule has 0 atom stereocenters. The minimum atomic E-state index is -5.23. The lowest BCUT2D eigenvalue weighted by atomic mass is 9.97. The first-order valence-corrected chi connectivity index (χ1v) is 11.4. The Morgan fingerprint density at radius 2 is 1.67 bits per heavy atom. The van der Waals surface area contributed by atoms with E-state index in [9.17, 15) is 31.1 Å². The van der Waals surface area contributed by atoms with Gasteiger partial charge in [-0.25, -0.2) is 9.78 Å². The number of aromatic nitrogens is 2. The smallest absolute Gasteiger partial charge is 0.385 e. The van der Waals surface area contributed by atoms with Gasteiger partial charge in [0.25, 0.3) is 0 Å². The van der Waals surface area contributed by atoms with Gasteiger partial charge >= 0.3 is 24.3 Å². The summed E-state index contributed by atoms with van der Waals surface area (Å²) in [6.45, 7) is 1.67. The number of nitrogens with zero attached hydrogens (tertiary/aromatic N) is 3. The molecule has 0 aliphatic carbocycles. The number of carbonyl (C=O) groups is 1. The Morgan fingerprint density at radius 1 is 0.974 bits per heavy atom. The van der Waals surface area contributed by atoms with E-state index in [-0.39, 0.29) is 13.0 Å². The van der Waals surface area contributed by atoms with Crippen molar-refractivity contribution in [3.8, 4) is 23.2 Å². The van der Waals surface area contributed by atoms with Crippen LogP contribution in [0.3, 0.4) is 0 Å². The predicted octanol–water partition coefficient (Wildman–Crippen LogP) is 6.86. The minimum Gasteiger partial charge on any atom is -0.385 e. The lowest BCUT2D eigenvalue weighted by Gasteiger charge is -2.15. The van der Waals surface area contributed by atoms with Gasteiger partial charge in [-0.3, -0.25) is 4.57 Å². The summed E-state index contributed by atoms with van der Waals surface area (Å²) < 4.78 is 84.0. The molecule has 4 rings (SSSR count). The van der Waals surface area contributed by atoms with Gasteiger partial charge in [-0.05, 0) is 59.0 Å². The first-order valence-electron chi connectivity index (χ1n) is 11.4. The Labute approximate surface area is 218 Å². The molecule has 11 heteroatoms. The summed E-state index contributed by atoms with van der Waals surface area (Å²) in [4.78, 5) is 15.4. The number of alkyl halides is 6. The fourth-order valence-corrected chi connectivity index (χ4v) is 4.02. The number of ether oxygens (including phenoxy) is 1. The van der Waals surface area contributed by atoms with Crippen LogP contribution in [0.4, 0.5) is 26.3 Å². The maximum Gasteiger partial charge on any atom is 0.491 e. The topological polar surface area (TPSA) is 67.9 Å². The molecule has 5 nitrogen and oxygen atoms in total. The van der Waals surface area contributed by atoms with Gasteiger partial charge in [0.15, 0.2) is 0 Å². The third-order valence-electron chi connectivity index (χ3n) is 5.92. The van der Waals surface area contributed by atoms with Crippen LogP contribution in [0.5, 0.6) is 6.01 Å². The number of hydrogen-bond acceptors (Lipinski definition) is 4. The number of carbonyl (C=O) groups excluding carboxylic acids is 1. The standard InChI is InChI=1S/C28H19F6N3O2/c1-17-11-20(9-10-24(17)21-3-2-4-22(13-21)27(29,30)31)16-37-23(12-18-5-7-19(14-35)8-6-18)15-36-26(37)39-25(38)28(32,33)34/h2-11,13,15H,12,16H2,1H3. The molecule has 0 fully saturated rings. The molecule has 0 radical (unpaired) electrons. The Morgan fingerprint density at radius 3 is 2.28 bits per heavy atom. The molecule has 0 bridgehead atoms. The number of imidazole rings is 1. The summed E-state index contributed by atoms with van der Waals surface area (Å²) >= 11 is 0. The highest BCUT2D eigenvalue weighted by Crippen LogP contribution is 2.33. The van der Waals surface area contributed by atoms with Crippen molar-refractivity contribution in [2.24, 2.45) is 0 Å². The lowest BCUT2D eigenvalue weighted by molar-refractivity contribution is -0.190. The highest BCUT2D eigenvalue weighted by molar-refractivity contribution is 5.77. The van der Waals surface area contributed by atoms with Crippen LogP contribution in [0.25, 0.3) is 11.1 Å². The third-order valence-corrected chi connectivity index (χ3v) is 5.92. The molecule has 0 spiro atoms. The summed E-state index contributed by atoms with van der Waals surface area (Å²) in [5.74, 6) is -2.42. The van der Waals surface area contributed by atoms with Crippen LogP contribution in [0, 0.1) is 18.3 Å². The first kappa shape index (κ1) is 27.4. The van der Waals surface area contributed by atoms with Crippen LogP contribution in [0.2, 0.25) is 0 Å². The van der Waals surface area contributed by atoms with E-state index in [1.54, 1.807) is 55.5 Å². The van der Waals surface area contributed by atoms with Crippen LogP contribution in [-0.4, -0.2) is 21.7 Å². The summed E-state index contributed by atoms with van der Waals surface area (Å²) in [7, 11) is 0. The Hall–Kier alpha value is -4.59. The van der Waals surface area contributed by atoms with E-state index in [0.717, 1.165) is 17.7 Å². The van der Waals surface area contributed by atoms with Crippen molar-refractivity contribution < 1.29 is 35.9 Å². The van der Waals surface area contributed by atoms with Crippen LogP contribution in [0.1, 0.15) is 33.5 Å². The number of halogens is 6. The predicted molar refractivity (Wildman–Crippen MR) is 129 cm³/mol. The molecule has 0 aliphatic heterocycles. The van der Waals surface area contributed by atoms with E-state index in [2.05, 4.69) is 9.72 Å². The number of rotatable bonds is 6. The van der Waals surface area contributed by atoms with E-state index in [1.807, 2.05) is 6.07 Å². The monoisotopic (exact) mass is 543 g/mol. The maximum absolute atomic E-state index is 13.2. The second-order valence-electron chi connectivity index (χ2n) is 8.72. The zero-order valence-electron chi connectivity index (χ0n) is 20.3. The highest BCUT2D eigenvalue weighted by atomic mass is 19.4. The fraction of sp³-hybridized carbons (Fsp3) is 0.179. The van der Waals surface area contributed by atoms with Crippen molar-refractivity contribution in [3.63, 3.8) is 0 Å². The van der Waals surface area contributed by atoms with Gasteiger partial charge in [-0.15, -0.1) is 0 Å². The van der Waals surface area contributed by atoms with Gasteiger partial charge in [0.1, 0.15) is 0 Å². The average molecular weight is 543 g/mol. The second-order valence-corrected chi connectivity index (χ2v) is 8.72. The van der Waals surface area contributed by atoms with E-state index in [4.69, 9.17) is 5.26 Å². The number of aryl methyl sites for hydroxylation is 1. The lowest BCUT2D eigenvalue weighted by Crippen LogP contribution is -2.29. The molecule has 1 aromatic heterocycles. The molecule has 0 aliphatic rings. The van der Waals surface area contributed by atoms with E-state index < -0.39 is 29.9 Å². The SMILES string of the molecule is Cc1cc(Cn2c(Cc3ccc(C#N)cc3)cnc2OC(=O)C(F)(F)F)ccc1-c1cccc(C(F)(F)F)c1. The third kappa shape index (κ3) is 6.46. The van der Waals surface area contributed by atoms with Crippen molar-refractivity contribution >= 4 is 5.97 Å². The van der Waals surface area contributed by atoms with Gasteiger partial charge in [0.2, 0.25) is 0 Å². The largest absolute Gasteiger partial charge is 0.491 e. The van der Waals surface area contributed by atoms with Gasteiger partial charge < -0.3 is 4.74 Å². The molecule has 200 valence electrons. The number of hydrogen-bond donors (Lipinski definition) is 0. The normalized spacial score (nSPS) is 11.7. The van der Waals surface area contributed by atoms with Crippen molar-refractivity contribution in [2.75, 3.05) is 0 Å². The average Bonchev–Trinajstić information content (AvgIpc) is 3.24. The summed E-state index contributed by atoms with van der Waals surface area (Å²) in [6.07, 6.45) is -8.22. The van der Waals surface area contributed by atoms with Crippen LogP contribution in [-0.2, 0) is 23.9 Å². The van der Waals surface area contributed by atoms with Gasteiger partial charge in [-0.1, -0.05) is 42.5 Å². The van der Waals surface area contributed by atoms with Crippen molar-refractivity contribution in [1.29, 1.82) is 5.26 Å². The molecule has 0 saturated carbocycles. The van der Waals surface area contributed by atoms with E-state index in [0.29, 0.717) is 33.5 Å². The summed E-state index contributed by atoms with van der Waals surface area (Å²) in [5.41, 5.74) is 2.95. The van der Waals surface area contributed by atoms with Gasteiger partial charge in [0, 0.05) is 12.1 Å². The Bertz CT molecular complexity index is 1550. The minimum absolute atomic E-state index is 0.0320. The molecule has 0 saturated heterocycles. The molecular formula is C28H19F6N3O2. The maximum atomic E-state index is 13.2. The van der Waals surface area contributed by atoms with Crippen LogP contribution < -0.4 is 4.74 Å². The van der Waals surface area contributed by atoms with Crippen LogP contribution in [0.15, 0.2) is 72.9 Å². The molecule has 0 unspecified atom stereocenters. The Balaban J connectivity index is 1.67. The number of benzene rings is 3. The molecule has 1 heterocycles. The number of nitriles is 1.